The molecule has 0 spiro atoms. The second-order valence-electron chi connectivity index (χ2n) is 4.43. The molecule has 0 N–H and O–H groups in total. The van der Waals surface area contributed by atoms with Crippen molar-refractivity contribution in [1.29, 1.82) is 0 Å². The zero-order valence-electron chi connectivity index (χ0n) is 10.1. The smallest absolute Gasteiger partial charge is 0.216 e. The Morgan fingerprint density at radius 3 is 2.94 bits per heavy atom. The summed E-state index contributed by atoms with van der Waals surface area (Å²) in [7, 11) is -1.61. The number of sulfonamides is 1. The molecule has 0 bridgehead atoms. The van der Waals surface area contributed by atoms with Crippen molar-refractivity contribution in [2.75, 3.05) is 19.4 Å². The number of ether oxygens (including phenoxy) is 1. The monoisotopic (exact) mass is 353 g/mol. The lowest BCUT2D eigenvalue weighted by Gasteiger charge is -2.18. The van der Waals surface area contributed by atoms with Gasteiger partial charge in [-0.05, 0) is 45.8 Å². The molecule has 0 aliphatic carbocycles. The van der Waals surface area contributed by atoms with Gasteiger partial charge in [-0.2, -0.15) is 0 Å². The predicted molar refractivity (Wildman–Crippen MR) is 76.2 cm³/mol. The maximum Gasteiger partial charge on any atom is 0.216 e. The van der Waals surface area contributed by atoms with E-state index >= 15 is 0 Å². The number of halogens is 1. The van der Waals surface area contributed by atoms with Crippen molar-refractivity contribution in [3.63, 3.8) is 0 Å². The van der Waals surface area contributed by atoms with Crippen LogP contribution >= 0.6 is 27.3 Å². The van der Waals surface area contributed by atoms with Crippen molar-refractivity contribution in [3.8, 4) is 0 Å². The van der Waals surface area contributed by atoms with Gasteiger partial charge in [0.2, 0.25) is 10.0 Å². The summed E-state index contributed by atoms with van der Waals surface area (Å²) in [6, 6.07) is 1.95. The van der Waals surface area contributed by atoms with Crippen molar-refractivity contribution in [3.05, 3.63) is 20.8 Å². The Bertz CT molecular complexity index is 494. The fourth-order valence-electron chi connectivity index (χ4n) is 1.92. The second-order valence-corrected chi connectivity index (χ2v) is 8.84. The molecule has 1 aliphatic heterocycles. The van der Waals surface area contributed by atoms with E-state index in [-0.39, 0.29) is 11.9 Å². The largest absolute Gasteiger partial charge is 0.377 e. The van der Waals surface area contributed by atoms with E-state index in [1.165, 1.54) is 4.31 Å². The lowest BCUT2D eigenvalue weighted by Crippen LogP contribution is -2.33. The summed E-state index contributed by atoms with van der Waals surface area (Å²) in [5, 5.41) is 1.96. The fraction of sp³-hybridized carbons (Fsp3) is 0.636. The van der Waals surface area contributed by atoms with Crippen LogP contribution in [0.4, 0.5) is 0 Å². The standard InChI is InChI=1S/C11H16BrNO3S2/c1-13(6-9-5-11(12)17-7-9)18(14,15)8-10-3-2-4-16-10/h5,7,10H,2-4,6,8H2,1H3. The first-order valence-electron chi connectivity index (χ1n) is 5.76. The highest BCUT2D eigenvalue weighted by atomic mass is 79.9. The first-order valence-corrected chi connectivity index (χ1v) is 9.04. The van der Waals surface area contributed by atoms with Crippen LogP contribution in [0.25, 0.3) is 0 Å². The molecule has 1 aromatic heterocycles. The van der Waals surface area contributed by atoms with Gasteiger partial charge in [0.05, 0.1) is 15.6 Å². The van der Waals surface area contributed by atoms with E-state index in [4.69, 9.17) is 4.74 Å². The van der Waals surface area contributed by atoms with Gasteiger partial charge in [-0.25, -0.2) is 12.7 Å². The summed E-state index contributed by atoms with van der Waals surface area (Å²) < 4.78 is 32.1. The molecule has 102 valence electrons. The molecule has 18 heavy (non-hydrogen) atoms. The van der Waals surface area contributed by atoms with Crippen molar-refractivity contribution >= 4 is 37.3 Å². The Morgan fingerprint density at radius 2 is 2.39 bits per heavy atom. The van der Waals surface area contributed by atoms with Crippen LogP contribution in [0.5, 0.6) is 0 Å². The zero-order valence-corrected chi connectivity index (χ0v) is 13.4. The second kappa shape index (κ2) is 6.00. The molecule has 0 radical (unpaired) electrons. The fourth-order valence-corrected chi connectivity index (χ4v) is 4.46. The zero-order chi connectivity index (χ0) is 13.2. The normalized spacial score (nSPS) is 20.7. The number of nitrogens with zero attached hydrogens (tertiary/aromatic N) is 1. The van der Waals surface area contributed by atoms with Crippen LogP contribution in [0.15, 0.2) is 15.2 Å². The van der Waals surface area contributed by atoms with Crippen LogP contribution in [-0.2, 0) is 21.3 Å². The lowest BCUT2D eigenvalue weighted by molar-refractivity contribution is 0.126. The molecule has 2 heterocycles. The first-order chi connectivity index (χ1) is 8.47. The highest BCUT2D eigenvalue weighted by Gasteiger charge is 2.26. The van der Waals surface area contributed by atoms with E-state index in [0.717, 1.165) is 22.2 Å². The Morgan fingerprint density at radius 1 is 1.61 bits per heavy atom. The molecule has 7 heteroatoms. The van der Waals surface area contributed by atoms with Gasteiger partial charge < -0.3 is 4.74 Å². The quantitative estimate of drug-likeness (QED) is 0.816. The van der Waals surface area contributed by atoms with Gasteiger partial charge in [0.25, 0.3) is 0 Å². The van der Waals surface area contributed by atoms with Crippen LogP contribution in [0.2, 0.25) is 0 Å². The molecule has 2 rings (SSSR count). The van der Waals surface area contributed by atoms with Crippen LogP contribution in [-0.4, -0.2) is 38.2 Å². The lowest BCUT2D eigenvalue weighted by atomic mass is 10.3. The van der Waals surface area contributed by atoms with E-state index in [2.05, 4.69) is 15.9 Å². The molecule has 0 aromatic carbocycles. The molecule has 1 aliphatic rings. The van der Waals surface area contributed by atoms with Gasteiger partial charge in [-0.3, -0.25) is 0 Å². The number of rotatable bonds is 5. The summed E-state index contributed by atoms with van der Waals surface area (Å²) in [6.45, 7) is 1.10. The summed E-state index contributed by atoms with van der Waals surface area (Å²) in [5.74, 6) is 0.0921. The third-order valence-electron chi connectivity index (χ3n) is 2.92. The van der Waals surface area contributed by atoms with E-state index < -0.39 is 10.0 Å². The summed E-state index contributed by atoms with van der Waals surface area (Å²) in [4.78, 5) is 0. The topological polar surface area (TPSA) is 46.6 Å². The van der Waals surface area contributed by atoms with Gasteiger partial charge in [0, 0.05) is 20.2 Å². The summed E-state index contributed by atoms with van der Waals surface area (Å²) >= 11 is 4.93. The minimum Gasteiger partial charge on any atom is -0.377 e. The molecule has 1 atom stereocenters. The molecular weight excluding hydrogens is 338 g/mol. The number of thiophene rings is 1. The minimum atomic E-state index is -3.23. The molecule has 0 amide bonds. The molecule has 1 aromatic rings. The van der Waals surface area contributed by atoms with Crippen LogP contribution in [0.3, 0.4) is 0 Å². The summed E-state index contributed by atoms with van der Waals surface area (Å²) in [5.41, 5.74) is 1.00. The predicted octanol–water partition coefficient (Wildman–Crippen LogP) is 2.45. The van der Waals surface area contributed by atoms with Gasteiger partial charge >= 0.3 is 0 Å². The average Bonchev–Trinajstić information content (AvgIpc) is 2.90. The number of hydrogen-bond acceptors (Lipinski definition) is 4. The van der Waals surface area contributed by atoms with E-state index in [0.29, 0.717) is 13.2 Å². The van der Waals surface area contributed by atoms with Crippen LogP contribution in [0.1, 0.15) is 18.4 Å². The van der Waals surface area contributed by atoms with E-state index in [9.17, 15) is 8.42 Å². The SMILES string of the molecule is CN(Cc1csc(Br)c1)S(=O)(=O)CC1CCCO1. The minimum absolute atomic E-state index is 0.0921. The van der Waals surface area contributed by atoms with Gasteiger partial charge in [-0.1, -0.05) is 0 Å². The maximum atomic E-state index is 12.1. The average molecular weight is 354 g/mol. The van der Waals surface area contributed by atoms with Gasteiger partial charge in [-0.15, -0.1) is 11.3 Å². The molecular formula is C11H16BrNO3S2. The molecule has 0 saturated carbocycles. The van der Waals surface area contributed by atoms with Gasteiger partial charge in [0.1, 0.15) is 0 Å². The molecule has 1 unspecified atom stereocenters. The highest BCUT2D eigenvalue weighted by Crippen LogP contribution is 2.23. The molecule has 4 nitrogen and oxygen atoms in total. The van der Waals surface area contributed by atoms with Crippen molar-refractivity contribution < 1.29 is 13.2 Å². The maximum absolute atomic E-state index is 12.1. The highest BCUT2D eigenvalue weighted by molar-refractivity contribution is 9.11. The molecule has 1 fully saturated rings. The molecule has 1 saturated heterocycles. The van der Waals surface area contributed by atoms with E-state index in [1.54, 1.807) is 18.4 Å². The van der Waals surface area contributed by atoms with Crippen molar-refractivity contribution in [1.82, 2.24) is 4.31 Å². The third kappa shape index (κ3) is 3.77. The van der Waals surface area contributed by atoms with Crippen molar-refractivity contribution in [2.45, 2.75) is 25.5 Å². The number of hydrogen-bond donors (Lipinski definition) is 0. The van der Waals surface area contributed by atoms with Crippen LogP contribution < -0.4 is 0 Å². The van der Waals surface area contributed by atoms with Gasteiger partial charge in [0.15, 0.2) is 0 Å². The Kier molecular flexibility index (Phi) is 4.82. The van der Waals surface area contributed by atoms with E-state index in [1.807, 2.05) is 11.4 Å². The Hall–Kier alpha value is 0.0500. The van der Waals surface area contributed by atoms with Crippen molar-refractivity contribution in [2.24, 2.45) is 0 Å². The first kappa shape index (κ1) is 14.5. The third-order valence-corrected chi connectivity index (χ3v) is 6.35. The summed E-state index contributed by atoms with van der Waals surface area (Å²) in [6.07, 6.45) is 1.67. The van der Waals surface area contributed by atoms with Crippen LogP contribution in [0, 0.1) is 0 Å². The Balaban J connectivity index is 1.96. The Labute approximate surface area is 120 Å².